The molecule has 1 heterocycles. The number of carbonyl (C=O) groups excluding carboxylic acids is 1. The fraction of sp³-hybridized carbons (Fsp3) is 0.375. The van der Waals surface area contributed by atoms with E-state index in [1.165, 1.54) is 0 Å². The van der Waals surface area contributed by atoms with Crippen molar-refractivity contribution in [3.8, 4) is 0 Å². The van der Waals surface area contributed by atoms with Gasteiger partial charge in [-0.1, -0.05) is 6.07 Å². The van der Waals surface area contributed by atoms with Gasteiger partial charge in [-0.25, -0.2) is 4.79 Å². The number of hydrogen-bond acceptors (Lipinski definition) is 2. The normalized spacial score (nSPS) is 8.93. The molecule has 14 heavy (non-hydrogen) atoms. The van der Waals surface area contributed by atoms with Crippen molar-refractivity contribution in [3.63, 3.8) is 0 Å². The van der Waals surface area contributed by atoms with E-state index in [1.807, 2.05) is 17.5 Å². The van der Waals surface area contributed by atoms with Gasteiger partial charge >= 0.3 is 6.03 Å². The first-order valence-electron chi connectivity index (χ1n) is 4.16. The second-order valence-electron chi connectivity index (χ2n) is 2.54. The molecular weight excluding hydrogens is 222 g/mol. The molecule has 6 heteroatoms. The van der Waals surface area contributed by atoms with Crippen LogP contribution in [-0.2, 0) is 6.54 Å². The molecule has 2 amide bonds. The molecule has 0 fully saturated rings. The molecule has 0 atom stereocenters. The predicted octanol–water partition coefficient (Wildman–Crippen LogP) is -3.21. The van der Waals surface area contributed by atoms with Crippen LogP contribution in [-0.4, -0.2) is 19.1 Å². The van der Waals surface area contributed by atoms with Crippen molar-refractivity contribution < 1.29 is 22.9 Å². The highest BCUT2D eigenvalue weighted by molar-refractivity contribution is 7.09. The van der Waals surface area contributed by atoms with Crippen LogP contribution in [0.25, 0.3) is 0 Å². The highest BCUT2D eigenvalue weighted by Gasteiger charge is 1.99. The van der Waals surface area contributed by atoms with Crippen molar-refractivity contribution in [3.05, 3.63) is 22.4 Å². The summed E-state index contributed by atoms with van der Waals surface area (Å²) in [5.41, 5.74) is 3.63. The first-order chi connectivity index (χ1) is 6.33. The van der Waals surface area contributed by atoms with Crippen LogP contribution in [0, 0.1) is 0 Å². The zero-order valence-electron chi connectivity index (χ0n) is 7.75. The molecular formula is C8H14ClN3OS. The van der Waals surface area contributed by atoms with Gasteiger partial charge in [0.15, 0.2) is 0 Å². The molecule has 0 bridgehead atoms. The second kappa shape index (κ2) is 7.61. The van der Waals surface area contributed by atoms with Crippen LogP contribution in [0.2, 0.25) is 0 Å². The lowest BCUT2D eigenvalue weighted by Crippen LogP contribution is -3.00. The molecule has 1 aromatic heterocycles. The Morgan fingerprint density at radius 2 is 2.29 bits per heavy atom. The van der Waals surface area contributed by atoms with E-state index in [9.17, 15) is 4.79 Å². The summed E-state index contributed by atoms with van der Waals surface area (Å²) >= 11 is 1.63. The van der Waals surface area contributed by atoms with Crippen LogP contribution in [0.15, 0.2) is 17.5 Å². The van der Waals surface area contributed by atoms with Gasteiger partial charge in [-0.3, -0.25) is 0 Å². The summed E-state index contributed by atoms with van der Waals surface area (Å²) in [6.45, 7) is 1.93. The third kappa shape index (κ3) is 5.06. The summed E-state index contributed by atoms with van der Waals surface area (Å²) in [7, 11) is 0. The average molecular weight is 236 g/mol. The average Bonchev–Trinajstić information content (AvgIpc) is 2.64. The second-order valence-corrected chi connectivity index (χ2v) is 3.57. The number of thiophene rings is 1. The first kappa shape index (κ1) is 13.2. The van der Waals surface area contributed by atoms with Gasteiger partial charge in [-0.15, -0.1) is 11.3 Å². The van der Waals surface area contributed by atoms with Crippen molar-refractivity contribution in [1.29, 1.82) is 0 Å². The van der Waals surface area contributed by atoms with Crippen molar-refractivity contribution in [1.82, 2.24) is 10.6 Å². The summed E-state index contributed by atoms with van der Waals surface area (Å²) in [6.07, 6.45) is 0. The van der Waals surface area contributed by atoms with Gasteiger partial charge in [0.25, 0.3) is 0 Å². The van der Waals surface area contributed by atoms with Gasteiger partial charge in [0.05, 0.1) is 19.6 Å². The molecule has 1 aromatic rings. The molecule has 4 nitrogen and oxygen atoms in total. The fourth-order valence-electron chi connectivity index (χ4n) is 0.845. The molecule has 0 unspecified atom stereocenters. The van der Waals surface area contributed by atoms with E-state index in [-0.39, 0.29) is 18.4 Å². The Bertz CT molecular complexity index is 253. The lowest BCUT2D eigenvalue weighted by atomic mass is 10.5. The Balaban J connectivity index is 0.00000169. The third-order valence-corrected chi connectivity index (χ3v) is 2.34. The number of halogens is 1. The van der Waals surface area contributed by atoms with E-state index in [2.05, 4.69) is 16.4 Å². The smallest absolute Gasteiger partial charge is 0.315 e. The Kier molecular flexibility index (Phi) is 7.18. The Labute approximate surface area is 93.3 Å². The minimum atomic E-state index is -0.128. The standard InChI is InChI=1S/C8H13N3OS.ClH/c9-3-4-10-8(12)11-6-7-2-1-5-13-7;/h1-2,5H,3-4,6,9H2,(H2,10,11,12);1H. The number of hydrogen-bond donors (Lipinski definition) is 3. The van der Waals surface area contributed by atoms with Crippen molar-refractivity contribution >= 4 is 17.4 Å². The predicted molar refractivity (Wildman–Crippen MR) is 52.3 cm³/mol. The van der Waals surface area contributed by atoms with Gasteiger partial charge in [-0.05, 0) is 11.4 Å². The molecule has 0 aromatic carbocycles. The SMILES string of the molecule is [Cl-].[NH3+]CCNC(=O)NCc1cccs1. The Morgan fingerprint density at radius 1 is 1.50 bits per heavy atom. The van der Waals surface area contributed by atoms with Crippen LogP contribution < -0.4 is 28.8 Å². The quantitative estimate of drug-likeness (QED) is 0.506. The molecule has 0 aliphatic heterocycles. The summed E-state index contributed by atoms with van der Waals surface area (Å²) in [4.78, 5) is 12.2. The van der Waals surface area contributed by atoms with Crippen LogP contribution in [0.1, 0.15) is 4.88 Å². The zero-order valence-corrected chi connectivity index (χ0v) is 9.33. The van der Waals surface area contributed by atoms with E-state index in [0.29, 0.717) is 19.6 Å². The number of urea groups is 1. The molecule has 0 aliphatic carbocycles. The molecule has 5 N–H and O–H groups in total. The fourth-order valence-corrected chi connectivity index (χ4v) is 1.49. The molecule has 0 radical (unpaired) electrons. The molecule has 0 aliphatic rings. The van der Waals surface area contributed by atoms with Gasteiger partial charge in [0.1, 0.15) is 0 Å². The van der Waals surface area contributed by atoms with Crippen LogP contribution in [0.4, 0.5) is 4.79 Å². The highest BCUT2D eigenvalue weighted by Crippen LogP contribution is 2.06. The number of amides is 2. The first-order valence-corrected chi connectivity index (χ1v) is 5.04. The van der Waals surface area contributed by atoms with E-state index < -0.39 is 0 Å². The Hall–Kier alpha value is -0.780. The minimum Gasteiger partial charge on any atom is -1.00 e. The number of rotatable bonds is 4. The van der Waals surface area contributed by atoms with E-state index in [4.69, 9.17) is 0 Å². The minimum absolute atomic E-state index is 0. The summed E-state index contributed by atoms with van der Waals surface area (Å²) in [5.74, 6) is 0. The van der Waals surface area contributed by atoms with Crippen molar-refractivity contribution in [2.75, 3.05) is 13.1 Å². The molecule has 80 valence electrons. The summed E-state index contributed by atoms with van der Waals surface area (Å²) in [5, 5.41) is 7.43. The van der Waals surface area contributed by atoms with Crippen LogP contribution >= 0.6 is 11.3 Å². The largest absolute Gasteiger partial charge is 1.00 e. The van der Waals surface area contributed by atoms with E-state index >= 15 is 0 Å². The van der Waals surface area contributed by atoms with Crippen LogP contribution in [0.5, 0.6) is 0 Å². The monoisotopic (exact) mass is 235 g/mol. The van der Waals surface area contributed by atoms with Gasteiger partial charge < -0.3 is 28.8 Å². The molecule has 1 rings (SSSR count). The number of nitrogens with one attached hydrogen (secondary N) is 2. The van der Waals surface area contributed by atoms with Gasteiger partial charge in [-0.2, -0.15) is 0 Å². The molecule has 0 saturated carbocycles. The van der Waals surface area contributed by atoms with Gasteiger partial charge in [0.2, 0.25) is 0 Å². The van der Waals surface area contributed by atoms with E-state index in [1.54, 1.807) is 11.3 Å². The molecule has 0 spiro atoms. The van der Waals surface area contributed by atoms with Crippen LogP contribution in [0.3, 0.4) is 0 Å². The van der Waals surface area contributed by atoms with E-state index in [0.717, 1.165) is 4.88 Å². The maximum absolute atomic E-state index is 11.1. The maximum Gasteiger partial charge on any atom is 0.315 e. The zero-order chi connectivity index (χ0) is 9.52. The topological polar surface area (TPSA) is 68.8 Å². The number of carbonyl (C=O) groups is 1. The summed E-state index contributed by atoms with van der Waals surface area (Å²) < 4.78 is 0. The van der Waals surface area contributed by atoms with Crippen molar-refractivity contribution in [2.45, 2.75) is 6.54 Å². The maximum atomic E-state index is 11.1. The highest BCUT2D eigenvalue weighted by atomic mass is 35.5. The molecule has 0 saturated heterocycles. The van der Waals surface area contributed by atoms with Crippen molar-refractivity contribution in [2.24, 2.45) is 0 Å². The lowest BCUT2D eigenvalue weighted by Gasteiger charge is -2.03. The van der Waals surface area contributed by atoms with Gasteiger partial charge in [0, 0.05) is 4.88 Å². The number of quaternary nitrogens is 1. The Morgan fingerprint density at radius 3 is 2.86 bits per heavy atom. The third-order valence-electron chi connectivity index (χ3n) is 1.47. The summed E-state index contributed by atoms with van der Waals surface area (Å²) in [6, 6.07) is 3.83. The lowest BCUT2D eigenvalue weighted by molar-refractivity contribution is -0.364.